The van der Waals surface area contributed by atoms with Crippen LogP contribution in [0.1, 0.15) is 23.7 Å². The largest absolute Gasteiger partial charge is 0.465 e. The molecule has 0 radical (unpaired) electrons. The van der Waals surface area contributed by atoms with Crippen LogP contribution in [-0.2, 0) is 11.3 Å². The van der Waals surface area contributed by atoms with Gasteiger partial charge in [0, 0.05) is 17.0 Å². The number of hydrogen-bond donors (Lipinski definition) is 0. The summed E-state index contributed by atoms with van der Waals surface area (Å²) in [6.07, 6.45) is 2.66. The van der Waals surface area contributed by atoms with Gasteiger partial charge in [0.2, 0.25) is 0 Å². The van der Waals surface area contributed by atoms with Gasteiger partial charge >= 0.3 is 5.97 Å². The molecule has 5 heteroatoms. The van der Waals surface area contributed by atoms with Crippen molar-refractivity contribution < 1.29 is 9.53 Å². The lowest BCUT2D eigenvalue weighted by molar-refractivity contribution is 0.0602. The van der Waals surface area contributed by atoms with E-state index in [-0.39, 0.29) is 0 Å². The number of rotatable bonds is 3. The molecule has 1 aromatic heterocycles. The summed E-state index contributed by atoms with van der Waals surface area (Å²) in [5.74, 6) is -0.393. The number of hydrogen-bond acceptors (Lipinski definition) is 3. The Hall–Kier alpha value is -1.55. The Balaban J connectivity index is 2.69. The highest BCUT2D eigenvalue weighted by atomic mass is 35.5. The van der Waals surface area contributed by atoms with E-state index in [9.17, 15) is 4.79 Å². The van der Waals surface area contributed by atoms with E-state index >= 15 is 0 Å². The summed E-state index contributed by atoms with van der Waals surface area (Å²) in [5.41, 5.74) is 1.24. The molecule has 0 fully saturated rings. The zero-order chi connectivity index (χ0) is 12.4. The number of benzene rings is 1. The van der Waals surface area contributed by atoms with Crippen LogP contribution in [0.15, 0.2) is 18.3 Å². The number of carbonyl (C=O) groups is 1. The monoisotopic (exact) mass is 252 g/mol. The number of esters is 1. The van der Waals surface area contributed by atoms with Crippen LogP contribution in [0, 0.1) is 0 Å². The van der Waals surface area contributed by atoms with Gasteiger partial charge in [-0.25, -0.2) is 4.79 Å². The lowest BCUT2D eigenvalue weighted by Gasteiger charge is -2.06. The van der Waals surface area contributed by atoms with Crippen LogP contribution < -0.4 is 0 Å². The molecule has 0 atom stereocenters. The Bertz CT molecular complexity index is 563. The molecule has 2 rings (SSSR count). The summed E-state index contributed by atoms with van der Waals surface area (Å²) in [5, 5.41) is 5.62. The highest BCUT2D eigenvalue weighted by molar-refractivity contribution is 6.32. The van der Waals surface area contributed by atoms with Gasteiger partial charge in [-0.15, -0.1) is 0 Å². The van der Waals surface area contributed by atoms with Gasteiger partial charge in [-0.1, -0.05) is 18.5 Å². The summed E-state index contributed by atoms with van der Waals surface area (Å²) < 4.78 is 6.57. The van der Waals surface area contributed by atoms with Crippen molar-refractivity contribution in [3.63, 3.8) is 0 Å². The van der Waals surface area contributed by atoms with Crippen LogP contribution in [0.2, 0.25) is 5.02 Å². The first-order valence-corrected chi connectivity index (χ1v) is 5.78. The van der Waals surface area contributed by atoms with E-state index in [0.717, 1.165) is 23.9 Å². The second-order valence-electron chi connectivity index (χ2n) is 3.75. The maximum atomic E-state index is 11.7. The van der Waals surface area contributed by atoms with Crippen molar-refractivity contribution in [3.05, 3.63) is 28.9 Å². The SMILES string of the molecule is CCCn1ncc2cc(Cl)cc(C(=O)OC)c21. The van der Waals surface area contributed by atoms with Crippen molar-refractivity contribution in [3.8, 4) is 0 Å². The molecule has 0 saturated heterocycles. The average Bonchev–Trinajstić information content (AvgIpc) is 2.71. The molecular formula is C12H13ClN2O2. The molecule has 0 aliphatic heterocycles. The predicted octanol–water partition coefficient (Wildman–Crippen LogP) is 2.89. The maximum Gasteiger partial charge on any atom is 0.340 e. The number of carbonyl (C=O) groups excluding carboxylic acids is 1. The summed E-state index contributed by atoms with van der Waals surface area (Å²) >= 11 is 5.97. The maximum absolute atomic E-state index is 11.7. The molecule has 1 aromatic carbocycles. The second-order valence-corrected chi connectivity index (χ2v) is 4.19. The smallest absolute Gasteiger partial charge is 0.340 e. The van der Waals surface area contributed by atoms with E-state index in [1.165, 1.54) is 7.11 Å². The minimum atomic E-state index is -0.393. The number of nitrogens with zero attached hydrogens (tertiary/aromatic N) is 2. The molecular weight excluding hydrogens is 240 g/mol. The van der Waals surface area contributed by atoms with Crippen molar-refractivity contribution in [2.75, 3.05) is 7.11 Å². The molecule has 0 saturated carbocycles. The lowest BCUT2D eigenvalue weighted by atomic mass is 10.1. The third-order valence-electron chi connectivity index (χ3n) is 2.54. The molecule has 17 heavy (non-hydrogen) atoms. The summed E-state index contributed by atoms with van der Waals surface area (Å²) in [4.78, 5) is 11.7. The minimum absolute atomic E-state index is 0.393. The van der Waals surface area contributed by atoms with Gasteiger partial charge in [-0.3, -0.25) is 4.68 Å². The molecule has 0 spiro atoms. The molecule has 0 unspecified atom stereocenters. The first kappa shape index (κ1) is 11.9. The van der Waals surface area contributed by atoms with Crippen LogP contribution in [0.3, 0.4) is 0 Å². The Kier molecular flexibility index (Phi) is 3.33. The minimum Gasteiger partial charge on any atom is -0.465 e. The fraction of sp³-hybridized carbons (Fsp3) is 0.333. The first-order valence-electron chi connectivity index (χ1n) is 5.40. The standard InChI is InChI=1S/C12H13ClN2O2/c1-3-4-15-11-8(7-14-15)5-9(13)6-10(11)12(16)17-2/h5-7H,3-4H2,1-2H3. The third kappa shape index (κ3) is 2.13. The van der Waals surface area contributed by atoms with Gasteiger partial charge in [0.05, 0.1) is 24.4 Å². The van der Waals surface area contributed by atoms with E-state index < -0.39 is 5.97 Å². The summed E-state index contributed by atoms with van der Waals surface area (Å²) in [7, 11) is 1.36. The zero-order valence-electron chi connectivity index (χ0n) is 9.74. The third-order valence-corrected chi connectivity index (χ3v) is 2.76. The molecule has 4 nitrogen and oxygen atoms in total. The van der Waals surface area contributed by atoms with Gasteiger partial charge in [-0.2, -0.15) is 5.10 Å². The number of aromatic nitrogens is 2. The Morgan fingerprint density at radius 2 is 2.29 bits per heavy atom. The zero-order valence-corrected chi connectivity index (χ0v) is 10.5. The molecule has 0 aliphatic rings. The predicted molar refractivity (Wildman–Crippen MR) is 66.4 cm³/mol. The van der Waals surface area contributed by atoms with Crippen molar-refractivity contribution in [1.82, 2.24) is 9.78 Å². The quantitative estimate of drug-likeness (QED) is 0.789. The fourth-order valence-electron chi connectivity index (χ4n) is 1.84. The Morgan fingerprint density at radius 3 is 2.94 bits per heavy atom. The van der Waals surface area contributed by atoms with E-state index in [2.05, 4.69) is 12.0 Å². The van der Waals surface area contributed by atoms with Crippen LogP contribution in [0.4, 0.5) is 0 Å². The lowest BCUT2D eigenvalue weighted by Crippen LogP contribution is -2.07. The van der Waals surface area contributed by atoms with E-state index in [1.54, 1.807) is 23.0 Å². The average molecular weight is 253 g/mol. The Labute approximate surface area is 104 Å². The number of halogens is 1. The number of ether oxygens (including phenoxy) is 1. The molecule has 1 heterocycles. The van der Waals surface area contributed by atoms with E-state index in [1.807, 2.05) is 0 Å². The fourth-order valence-corrected chi connectivity index (χ4v) is 2.07. The molecule has 0 amide bonds. The highest BCUT2D eigenvalue weighted by Crippen LogP contribution is 2.24. The summed E-state index contributed by atoms with van der Waals surface area (Å²) in [6, 6.07) is 3.41. The normalized spacial score (nSPS) is 10.8. The van der Waals surface area contributed by atoms with Gasteiger partial charge in [0.1, 0.15) is 0 Å². The molecule has 0 aliphatic carbocycles. The van der Waals surface area contributed by atoms with Crippen LogP contribution in [-0.4, -0.2) is 22.9 Å². The topological polar surface area (TPSA) is 44.1 Å². The van der Waals surface area contributed by atoms with E-state index in [0.29, 0.717) is 10.6 Å². The van der Waals surface area contributed by atoms with Gasteiger partial charge < -0.3 is 4.74 Å². The first-order chi connectivity index (χ1) is 8.17. The van der Waals surface area contributed by atoms with Crippen LogP contribution in [0.5, 0.6) is 0 Å². The van der Waals surface area contributed by atoms with E-state index in [4.69, 9.17) is 16.3 Å². The summed E-state index contributed by atoms with van der Waals surface area (Å²) in [6.45, 7) is 2.82. The van der Waals surface area contributed by atoms with Crippen LogP contribution >= 0.6 is 11.6 Å². The van der Waals surface area contributed by atoms with Gasteiger partial charge in [-0.05, 0) is 18.6 Å². The Morgan fingerprint density at radius 1 is 1.53 bits per heavy atom. The number of methoxy groups -OCH3 is 1. The van der Waals surface area contributed by atoms with Crippen molar-refractivity contribution >= 4 is 28.5 Å². The van der Waals surface area contributed by atoms with Crippen molar-refractivity contribution in [1.29, 1.82) is 0 Å². The van der Waals surface area contributed by atoms with Crippen LogP contribution in [0.25, 0.3) is 10.9 Å². The van der Waals surface area contributed by atoms with Crippen molar-refractivity contribution in [2.45, 2.75) is 19.9 Å². The highest BCUT2D eigenvalue weighted by Gasteiger charge is 2.15. The second kappa shape index (κ2) is 4.75. The number of fused-ring (bicyclic) bond motifs is 1. The molecule has 90 valence electrons. The van der Waals surface area contributed by atoms with Gasteiger partial charge in [0.15, 0.2) is 0 Å². The molecule has 0 bridgehead atoms. The molecule has 0 N–H and O–H groups in total. The van der Waals surface area contributed by atoms with Gasteiger partial charge in [0.25, 0.3) is 0 Å². The van der Waals surface area contributed by atoms with Crippen molar-refractivity contribution in [2.24, 2.45) is 0 Å². The molecule has 2 aromatic rings. The number of aryl methyl sites for hydroxylation is 1.